The molecule has 13 heterocycles. The number of aromatic nitrogens is 8. The summed E-state index contributed by atoms with van der Waals surface area (Å²) in [5.74, 6) is 1.60. The predicted molar refractivity (Wildman–Crippen MR) is 573 cm³/mol. The van der Waals surface area contributed by atoms with Gasteiger partial charge >= 0.3 is 0 Å². The Morgan fingerprint density at radius 1 is 0.414 bits per heavy atom. The smallest absolute Gasteiger partial charge is 0.280 e. The Kier molecular flexibility index (Phi) is 37.8. The summed E-state index contributed by atoms with van der Waals surface area (Å²) in [6.07, 6.45) is 31.5. The highest BCUT2D eigenvalue weighted by Crippen LogP contribution is 2.43. The number of likely N-dealkylation sites (tertiary alicyclic amines) is 4. The summed E-state index contributed by atoms with van der Waals surface area (Å²) in [5.41, 5.74) is 3.53. The standard InChI is InChI=1S/C28H40FN5O3S.C28H39N5O4S2.C26H37N5O3S.C24H35N5O3S/c1-17-14-21(32-20-11-6-8-12-28(20,5)29)30-15-19(17)23-22(26(36)34-13-9-7-10-18(34)2)33-25(38-23)24(35)31-16-27(3,4)37;1-18-16-23(30-20-9-4-3-5-10-20)29-17-22(18)25-24(28(35)33-13-7-6-8-19(33)2)32-27(38-25)26(34)31-21-11-14-39(36,37)15-12-21;1-15-12-20(29-17(3)18-9-10-18)27-13-19(15)22-21(25(33)31-11-7-6-8-16(31)2)30-24(35-22)23(32)28-14-26(4,5)34;1-14(2)27-18-11-15(3)17(12-25-18)20-19(23(31)29-10-8-7-9-16(29)4)28-22(33-20)21(30)26-13-24(5,6)32/h14-15,18,20,37H,6-13,16H2,1-5H3,(H,30,32)(H,31,35);16-17,19-21H,3-15H2,1-2H3,(H,29,30)(H,31,34);12-13,16-18,34H,6-11,14H2,1-5H3,(H,27,29)(H,28,32);11-12,14,16,32H,7-10,13H2,1-6H3,(H,25,27)(H,26,30)/t18-,20-,28?;19-;16-,17-;16-/m0000/s1. The number of piperidine rings is 4. The molecule has 5 aliphatic heterocycles. The van der Waals surface area contributed by atoms with Crippen molar-refractivity contribution >= 4 is 126 Å². The van der Waals surface area contributed by atoms with Gasteiger partial charge in [0.1, 0.15) is 61.6 Å². The van der Waals surface area contributed by atoms with E-state index in [1.165, 1.54) is 66.1 Å². The van der Waals surface area contributed by atoms with Crippen LogP contribution in [0.25, 0.3) is 41.8 Å². The van der Waals surface area contributed by atoms with Gasteiger partial charge in [0.15, 0.2) is 20.0 Å². The molecule has 8 aromatic rings. The van der Waals surface area contributed by atoms with Crippen LogP contribution in [0.3, 0.4) is 0 Å². The lowest BCUT2D eigenvalue weighted by Crippen LogP contribution is -2.43. The Labute approximate surface area is 869 Å². The summed E-state index contributed by atoms with van der Waals surface area (Å²) < 4.78 is 38.6. The van der Waals surface area contributed by atoms with Crippen LogP contribution in [-0.2, 0) is 9.84 Å². The third-order valence-electron chi connectivity index (χ3n) is 28.3. The van der Waals surface area contributed by atoms with E-state index in [9.17, 15) is 62.1 Å². The molecular weight excluding hydrogens is 1940 g/mol. The number of amides is 8. The lowest BCUT2D eigenvalue weighted by Gasteiger charge is -2.35. The largest absolute Gasteiger partial charge is 0.389 e. The molecule has 33 nitrogen and oxygen atoms in total. The van der Waals surface area contributed by atoms with E-state index in [1.807, 2.05) is 92.3 Å². The van der Waals surface area contributed by atoms with Crippen LogP contribution in [0.2, 0.25) is 0 Å². The third-order valence-corrected chi connectivity index (χ3v) is 34.3. The van der Waals surface area contributed by atoms with E-state index in [4.69, 9.17) is 0 Å². The number of halogens is 1. The molecule has 8 amide bonds. The number of rotatable bonds is 28. The fourth-order valence-corrected chi connectivity index (χ4v) is 25.1. The molecule has 3 aliphatic carbocycles. The summed E-state index contributed by atoms with van der Waals surface area (Å²) in [6.45, 7) is 36.7. The lowest BCUT2D eigenvalue weighted by molar-refractivity contribution is 0.0622. The Bertz CT molecular complexity index is 6010. The Morgan fingerprint density at radius 3 is 1.04 bits per heavy atom. The minimum atomic E-state index is -3.03. The maximum atomic E-state index is 15.0. The number of nitrogens with one attached hydrogen (secondary N) is 8. The molecule has 11 N–H and O–H groups in total. The van der Waals surface area contributed by atoms with Gasteiger partial charge in [0.25, 0.3) is 47.3 Å². The fourth-order valence-electron chi connectivity index (χ4n) is 19.4. The molecule has 790 valence electrons. The van der Waals surface area contributed by atoms with Crippen molar-refractivity contribution in [1.82, 2.24) is 80.7 Å². The van der Waals surface area contributed by atoms with E-state index in [2.05, 4.69) is 110 Å². The third kappa shape index (κ3) is 30.4. The minimum Gasteiger partial charge on any atom is -0.389 e. The van der Waals surface area contributed by atoms with E-state index in [0.717, 1.165) is 177 Å². The first kappa shape index (κ1) is 112. The zero-order chi connectivity index (χ0) is 105. The molecule has 0 spiro atoms. The molecule has 16 rings (SSSR count). The molecule has 8 aliphatic rings. The first-order valence-corrected chi connectivity index (χ1v) is 57.1. The van der Waals surface area contributed by atoms with Gasteiger partial charge in [-0.2, -0.15) is 0 Å². The zero-order valence-electron chi connectivity index (χ0n) is 87.6. The number of hydrogen-bond acceptors (Lipinski definition) is 29. The van der Waals surface area contributed by atoms with E-state index in [-0.39, 0.29) is 134 Å². The Morgan fingerprint density at radius 2 is 0.724 bits per heavy atom. The number of aryl methyl sites for hydroxylation is 4. The number of anilines is 4. The van der Waals surface area contributed by atoms with Crippen LogP contribution in [0.5, 0.6) is 0 Å². The fraction of sp³-hybridized carbons (Fsp3) is 0.623. The van der Waals surface area contributed by atoms with E-state index < -0.39 is 50.0 Å². The second-order valence-electron chi connectivity index (χ2n) is 43.4. The van der Waals surface area contributed by atoms with Crippen molar-refractivity contribution in [3.8, 4) is 41.8 Å². The summed E-state index contributed by atoms with van der Waals surface area (Å²) >= 11 is 4.74. The highest BCUT2D eigenvalue weighted by molar-refractivity contribution is 7.91. The number of thiazole rings is 4. The maximum Gasteiger partial charge on any atom is 0.280 e. The van der Waals surface area contributed by atoms with Crippen LogP contribution in [0.1, 0.15) is 361 Å². The SMILES string of the molecule is Cc1cc(NC(C)C)ncc1-c1sc(C(=O)NCC(C)(C)O)nc1C(=O)N1CCCC[C@@H]1C.Cc1cc(NC2CCCCC2)ncc1-c1sc(C(=O)NC2CCS(=O)(=O)CC2)nc1C(=O)N1CCCC[C@@H]1C.Cc1cc(N[C@@H](C)C2CC2)ncc1-c1sc(C(=O)NCC(C)(C)O)nc1C(=O)N1CCCC[C@@H]1C.Cc1cc(N[C@H]2CCCCC2(C)F)ncc1-c1sc(C(=O)NCC(C)(C)O)nc1C(=O)N1CCCC[C@@H]1C. The number of hydrogen-bond donors (Lipinski definition) is 11. The molecule has 8 fully saturated rings. The van der Waals surface area contributed by atoms with Crippen molar-refractivity contribution in [2.75, 3.05) is 78.6 Å². The molecular formula is C106H151FN20O13S5. The van der Waals surface area contributed by atoms with Crippen LogP contribution in [-0.4, -0.2) is 265 Å². The lowest BCUT2D eigenvalue weighted by atomic mass is 9.83. The van der Waals surface area contributed by atoms with E-state index >= 15 is 4.39 Å². The summed E-state index contributed by atoms with van der Waals surface area (Å²) in [7, 11) is -3.03. The van der Waals surface area contributed by atoms with Gasteiger partial charge in [0.05, 0.1) is 53.9 Å². The van der Waals surface area contributed by atoms with Crippen molar-refractivity contribution in [3.05, 3.63) is 114 Å². The number of alkyl halides is 1. The van der Waals surface area contributed by atoms with Gasteiger partial charge in [-0.1, -0.05) is 32.1 Å². The molecule has 39 heteroatoms. The van der Waals surface area contributed by atoms with Crippen LogP contribution in [0, 0.1) is 33.6 Å². The second-order valence-corrected chi connectivity index (χ2v) is 49.7. The van der Waals surface area contributed by atoms with Gasteiger partial charge in [0, 0.05) is 141 Å². The molecule has 3 saturated carbocycles. The predicted octanol–water partition coefficient (Wildman–Crippen LogP) is 17.8. The summed E-state index contributed by atoms with van der Waals surface area (Å²) in [4.78, 5) is 153. The number of sulfone groups is 1. The van der Waals surface area contributed by atoms with E-state index in [0.29, 0.717) is 106 Å². The molecule has 8 aromatic heterocycles. The highest BCUT2D eigenvalue weighted by Gasteiger charge is 2.41. The van der Waals surface area contributed by atoms with Crippen molar-refractivity contribution in [2.45, 2.75) is 362 Å². The number of carbonyl (C=O) groups excluding carboxylic acids is 8. The molecule has 1 unspecified atom stereocenters. The van der Waals surface area contributed by atoms with Crippen molar-refractivity contribution in [2.24, 2.45) is 5.92 Å². The number of aliphatic hydroxyl groups is 3. The topological polar surface area (TPSA) is 444 Å². The zero-order valence-corrected chi connectivity index (χ0v) is 91.7. The summed E-state index contributed by atoms with van der Waals surface area (Å²) in [6, 6.07) is 8.83. The Balaban J connectivity index is 0.000000162. The maximum absolute atomic E-state index is 15.0. The number of pyridine rings is 4. The second kappa shape index (κ2) is 48.9. The van der Waals surface area contributed by atoms with Crippen LogP contribution >= 0.6 is 45.3 Å². The quantitative estimate of drug-likeness (QED) is 0.0217. The molecule has 0 bridgehead atoms. The van der Waals surface area contributed by atoms with Crippen LogP contribution in [0.15, 0.2) is 49.1 Å². The first-order chi connectivity index (χ1) is 68.5. The van der Waals surface area contributed by atoms with Gasteiger partial charge in [-0.15, -0.1) is 45.3 Å². The number of carbonyl (C=O) groups is 8. The van der Waals surface area contributed by atoms with Crippen molar-refractivity contribution in [3.63, 3.8) is 0 Å². The minimum absolute atomic E-state index is 0.0583. The highest BCUT2D eigenvalue weighted by atomic mass is 32.2. The van der Waals surface area contributed by atoms with Crippen LogP contribution in [0.4, 0.5) is 27.7 Å². The first-order valence-electron chi connectivity index (χ1n) is 52.0. The van der Waals surface area contributed by atoms with Gasteiger partial charge in [-0.05, 0) is 305 Å². The molecule has 5 saturated heterocycles. The van der Waals surface area contributed by atoms with Crippen molar-refractivity contribution in [1.29, 1.82) is 0 Å². The average molecular weight is 2090 g/mol. The molecule has 7 atom stereocenters. The average Bonchev–Trinajstić information content (AvgIpc) is 1.65. The van der Waals surface area contributed by atoms with Crippen molar-refractivity contribution < 1.29 is 66.5 Å². The Hall–Kier alpha value is -10.2. The van der Waals surface area contributed by atoms with Crippen LogP contribution < -0.4 is 42.5 Å². The van der Waals surface area contributed by atoms with Gasteiger partial charge in [0.2, 0.25) is 0 Å². The van der Waals surface area contributed by atoms with Gasteiger partial charge in [-0.25, -0.2) is 52.7 Å². The van der Waals surface area contributed by atoms with Gasteiger partial charge in [-0.3, -0.25) is 38.4 Å². The monoisotopic (exact) mass is 2090 g/mol. The molecule has 145 heavy (non-hydrogen) atoms. The number of nitrogens with zero attached hydrogens (tertiary/aromatic N) is 12. The molecule has 0 radical (unpaired) electrons. The summed E-state index contributed by atoms with van der Waals surface area (Å²) in [5, 5.41) is 55.5. The molecule has 0 aromatic carbocycles. The van der Waals surface area contributed by atoms with Gasteiger partial charge < -0.3 is 77.5 Å². The normalized spacial score (nSPS) is 20.9. The van der Waals surface area contributed by atoms with E-state index in [1.54, 1.807) is 73.3 Å².